The predicted molar refractivity (Wildman–Crippen MR) is 87.2 cm³/mol. The highest BCUT2D eigenvalue weighted by molar-refractivity contribution is 5.86. The second-order valence-electron chi connectivity index (χ2n) is 5.91. The minimum absolute atomic E-state index is 0.0562. The van der Waals surface area contributed by atoms with Crippen molar-refractivity contribution < 1.29 is 0 Å². The minimum Gasteiger partial charge on any atom is -0.329 e. The molecule has 0 aliphatic heterocycles. The normalized spacial score (nSPS) is 11.8. The summed E-state index contributed by atoms with van der Waals surface area (Å²) >= 11 is 0. The molecule has 1 heterocycles. The van der Waals surface area contributed by atoms with E-state index in [1.165, 1.54) is 0 Å². The summed E-state index contributed by atoms with van der Waals surface area (Å²) < 4.78 is 0. The van der Waals surface area contributed by atoms with Crippen LogP contribution in [0.15, 0.2) is 59.5 Å². The number of aromatic nitrogens is 1. The lowest BCUT2D eigenvalue weighted by molar-refractivity contribution is 0.554. The lowest BCUT2D eigenvalue weighted by Crippen LogP contribution is -2.28. The number of rotatable bonds is 2. The van der Waals surface area contributed by atoms with Crippen molar-refractivity contribution in [3.63, 3.8) is 0 Å². The van der Waals surface area contributed by atoms with E-state index in [4.69, 9.17) is 5.73 Å². The Labute approximate surface area is 123 Å². The highest BCUT2D eigenvalue weighted by Gasteiger charge is 2.13. The molecule has 3 N–H and O–H groups in total. The van der Waals surface area contributed by atoms with Crippen LogP contribution in [0.1, 0.15) is 19.4 Å². The van der Waals surface area contributed by atoms with Crippen LogP contribution in [0.5, 0.6) is 0 Å². The first-order chi connectivity index (χ1) is 9.95. The number of hydrogen-bond acceptors (Lipinski definition) is 2. The van der Waals surface area contributed by atoms with Gasteiger partial charge in [0.15, 0.2) is 0 Å². The molecular weight excluding hydrogens is 260 g/mol. The second-order valence-corrected chi connectivity index (χ2v) is 5.91. The van der Waals surface area contributed by atoms with Crippen LogP contribution in [-0.2, 0) is 5.54 Å². The van der Waals surface area contributed by atoms with Crippen LogP contribution in [-0.4, -0.2) is 4.98 Å². The predicted octanol–water partition coefficient (Wildman–Crippen LogP) is 3.39. The van der Waals surface area contributed by atoms with Crippen LogP contribution >= 0.6 is 0 Å². The first-order valence-electron chi connectivity index (χ1n) is 6.96. The zero-order valence-corrected chi connectivity index (χ0v) is 12.2. The van der Waals surface area contributed by atoms with Crippen LogP contribution in [0.4, 0.5) is 0 Å². The fourth-order valence-electron chi connectivity index (χ4n) is 2.46. The molecule has 0 aliphatic carbocycles. The Morgan fingerprint density at radius 2 is 1.62 bits per heavy atom. The van der Waals surface area contributed by atoms with Gasteiger partial charge in [-0.25, -0.2) is 0 Å². The van der Waals surface area contributed by atoms with Crippen LogP contribution < -0.4 is 11.3 Å². The number of nitrogens with one attached hydrogen (secondary N) is 1. The van der Waals surface area contributed by atoms with Gasteiger partial charge < -0.3 is 10.7 Å². The van der Waals surface area contributed by atoms with Crippen molar-refractivity contribution in [1.82, 2.24) is 4.98 Å². The molecule has 0 atom stereocenters. The SMILES string of the molecule is CC(C)(N)c1ccc(-c2ccc3c(=O)[nH]ccc3c2)cc1. The van der Waals surface area contributed by atoms with Crippen molar-refractivity contribution in [3.8, 4) is 11.1 Å². The van der Waals surface area contributed by atoms with Gasteiger partial charge in [-0.05, 0) is 54.1 Å². The van der Waals surface area contributed by atoms with Gasteiger partial charge in [-0.1, -0.05) is 30.3 Å². The van der Waals surface area contributed by atoms with E-state index in [0.29, 0.717) is 5.39 Å². The van der Waals surface area contributed by atoms with Crippen LogP contribution in [0.3, 0.4) is 0 Å². The van der Waals surface area contributed by atoms with Gasteiger partial charge in [0, 0.05) is 17.1 Å². The smallest absolute Gasteiger partial charge is 0.255 e. The molecule has 0 spiro atoms. The number of hydrogen-bond donors (Lipinski definition) is 2. The molecule has 3 nitrogen and oxygen atoms in total. The molecule has 0 amide bonds. The summed E-state index contributed by atoms with van der Waals surface area (Å²) in [4.78, 5) is 14.4. The Morgan fingerprint density at radius 1 is 0.952 bits per heavy atom. The van der Waals surface area contributed by atoms with Gasteiger partial charge in [0.1, 0.15) is 0 Å². The van der Waals surface area contributed by atoms with Crippen molar-refractivity contribution >= 4 is 10.8 Å². The number of nitrogens with two attached hydrogens (primary N) is 1. The highest BCUT2D eigenvalue weighted by Crippen LogP contribution is 2.25. The van der Waals surface area contributed by atoms with Crippen LogP contribution in [0.25, 0.3) is 21.9 Å². The van der Waals surface area contributed by atoms with E-state index in [-0.39, 0.29) is 11.1 Å². The van der Waals surface area contributed by atoms with Crippen LogP contribution in [0.2, 0.25) is 0 Å². The molecule has 3 rings (SSSR count). The molecule has 0 aliphatic rings. The summed E-state index contributed by atoms with van der Waals surface area (Å²) in [6.07, 6.45) is 1.68. The molecule has 0 saturated heterocycles. The maximum Gasteiger partial charge on any atom is 0.255 e. The summed E-state index contributed by atoms with van der Waals surface area (Å²) in [5.74, 6) is 0. The number of aromatic amines is 1. The Balaban J connectivity index is 2.06. The average molecular weight is 278 g/mol. The molecule has 21 heavy (non-hydrogen) atoms. The van der Waals surface area contributed by atoms with Gasteiger partial charge >= 0.3 is 0 Å². The van der Waals surface area contributed by atoms with E-state index >= 15 is 0 Å². The van der Waals surface area contributed by atoms with E-state index in [0.717, 1.165) is 22.1 Å². The van der Waals surface area contributed by atoms with Crippen molar-refractivity contribution in [1.29, 1.82) is 0 Å². The quantitative estimate of drug-likeness (QED) is 0.755. The molecule has 0 radical (unpaired) electrons. The third kappa shape index (κ3) is 2.60. The van der Waals surface area contributed by atoms with E-state index in [2.05, 4.69) is 29.2 Å². The molecule has 3 aromatic rings. The van der Waals surface area contributed by atoms with Crippen molar-refractivity contribution in [2.45, 2.75) is 19.4 Å². The highest BCUT2D eigenvalue weighted by atomic mass is 16.1. The average Bonchev–Trinajstić information content (AvgIpc) is 2.46. The Kier molecular flexibility index (Phi) is 3.15. The maximum atomic E-state index is 11.7. The maximum absolute atomic E-state index is 11.7. The first-order valence-corrected chi connectivity index (χ1v) is 6.96. The standard InChI is InChI=1S/C18H18N2O/c1-18(2,19)15-6-3-12(4-7-15)13-5-8-16-14(11-13)9-10-20-17(16)21/h3-11H,19H2,1-2H3,(H,20,21). The van der Waals surface area contributed by atoms with Gasteiger partial charge in [0.25, 0.3) is 5.56 Å². The second kappa shape index (κ2) is 4.86. The fourth-order valence-corrected chi connectivity index (χ4v) is 2.46. The van der Waals surface area contributed by atoms with E-state index < -0.39 is 0 Å². The molecule has 106 valence electrons. The third-order valence-corrected chi connectivity index (χ3v) is 3.74. The van der Waals surface area contributed by atoms with Gasteiger partial charge in [-0.2, -0.15) is 0 Å². The summed E-state index contributed by atoms with van der Waals surface area (Å²) in [6, 6.07) is 16.0. The Bertz CT molecular complexity index is 839. The fraction of sp³-hybridized carbons (Fsp3) is 0.167. The molecule has 0 unspecified atom stereocenters. The van der Waals surface area contributed by atoms with E-state index in [1.54, 1.807) is 6.20 Å². The largest absolute Gasteiger partial charge is 0.329 e. The molecule has 2 aromatic carbocycles. The summed E-state index contributed by atoms with van der Waals surface area (Å²) in [6.45, 7) is 3.98. The van der Waals surface area contributed by atoms with Crippen LogP contribution in [0, 0.1) is 0 Å². The van der Waals surface area contributed by atoms with Gasteiger partial charge in [-0.3, -0.25) is 4.79 Å². The molecule has 3 heteroatoms. The summed E-state index contributed by atoms with van der Waals surface area (Å²) in [5.41, 5.74) is 9.01. The number of fused-ring (bicyclic) bond motifs is 1. The summed E-state index contributed by atoms with van der Waals surface area (Å²) in [7, 11) is 0. The topological polar surface area (TPSA) is 58.9 Å². The lowest BCUT2D eigenvalue weighted by Gasteiger charge is -2.19. The molecule has 1 aromatic heterocycles. The monoisotopic (exact) mass is 278 g/mol. The van der Waals surface area contributed by atoms with E-state index in [1.807, 2.05) is 38.1 Å². The van der Waals surface area contributed by atoms with Crippen molar-refractivity contribution in [2.75, 3.05) is 0 Å². The zero-order valence-electron chi connectivity index (χ0n) is 12.2. The molecule has 0 bridgehead atoms. The number of H-pyrrole nitrogens is 1. The molecule has 0 saturated carbocycles. The van der Waals surface area contributed by atoms with Gasteiger partial charge in [0.2, 0.25) is 0 Å². The van der Waals surface area contributed by atoms with Crippen molar-refractivity contribution in [3.05, 3.63) is 70.6 Å². The molecule has 0 fully saturated rings. The summed E-state index contributed by atoms with van der Waals surface area (Å²) in [5, 5.41) is 1.65. The van der Waals surface area contributed by atoms with E-state index in [9.17, 15) is 4.79 Å². The Morgan fingerprint density at radius 3 is 2.29 bits per heavy atom. The van der Waals surface area contributed by atoms with Gasteiger partial charge in [-0.15, -0.1) is 0 Å². The third-order valence-electron chi connectivity index (χ3n) is 3.74. The van der Waals surface area contributed by atoms with Gasteiger partial charge in [0.05, 0.1) is 0 Å². The first kappa shape index (κ1) is 13.6. The Hall–Kier alpha value is -2.39. The minimum atomic E-state index is -0.338. The van der Waals surface area contributed by atoms with Crippen molar-refractivity contribution in [2.24, 2.45) is 5.73 Å². The number of benzene rings is 2. The zero-order chi connectivity index (χ0) is 15.0. The number of pyridine rings is 1. The lowest BCUT2D eigenvalue weighted by atomic mass is 9.93. The molecular formula is C18H18N2O.